The molecule has 0 saturated heterocycles. The molecule has 2 heterocycles. The second kappa shape index (κ2) is 4.99. The van der Waals surface area contributed by atoms with Crippen molar-refractivity contribution in [3.05, 3.63) is 42.0 Å². The fourth-order valence-electron chi connectivity index (χ4n) is 1.80. The van der Waals surface area contributed by atoms with E-state index in [2.05, 4.69) is 46.4 Å². The third-order valence-electron chi connectivity index (χ3n) is 2.65. The first-order valence-corrected chi connectivity index (χ1v) is 5.63. The second-order valence-electron chi connectivity index (χ2n) is 3.86. The third-order valence-corrected chi connectivity index (χ3v) is 2.65. The quantitative estimate of drug-likeness (QED) is 0.824. The van der Waals surface area contributed by atoms with Gasteiger partial charge >= 0.3 is 0 Å². The van der Waals surface area contributed by atoms with Gasteiger partial charge in [-0.1, -0.05) is 0 Å². The lowest BCUT2D eigenvalue weighted by Gasteiger charge is -2.07. The number of hydrogen-bond acceptors (Lipinski definition) is 2. The van der Waals surface area contributed by atoms with Crippen LogP contribution in [0.15, 0.2) is 30.7 Å². The first kappa shape index (κ1) is 11.0. The van der Waals surface area contributed by atoms with Crippen LogP contribution >= 0.6 is 0 Å². The Hall–Kier alpha value is -1.55. The molecule has 2 aromatic heterocycles. The average molecular weight is 218 g/mol. The Kier molecular flexibility index (Phi) is 3.41. The zero-order valence-electron chi connectivity index (χ0n) is 9.85. The molecule has 16 heavy (non-hydrogen) atoms. The topological polar surface area (TPSA) is 34.8 Å². The van der Waals surface area contributed by atoms with Crippen molar-refractivity contribution in [2.45, 2.75) is 26.6 Å². The molecule has 0 aromatic carbocycles. The van der Waals surface area contributed by atoms with E-state index in [-0.39, 0.29) is 0 Å². The van der Waals surface area contributed by atoms with Crippen LogP contribution in [0.2, 0.25) is 0 Å². The summed E-state index contributed by atoms with van der Waals surface area (Å²) >= 11 is 0. The van der Waals surface area contributed by atoms with Crippen LogP contribution in [0.25, 0.3) is 0 Å². The summed E-state index contributed by atoms with van der Waals surface area (Å²) in [7, 11) is 1.96. The minimum Gasteiger partial charge on any atom is -0.346 e. The first-order chi connectivity index (χ1) is 7.83. The Labute approximate surface area is 95.9 Å². The summed E-state index contributed by atoms with van der Waals surface area (Å²) < 4.78 is 4.20. The Morgan fingerprint density at radius 1 is 1.44 bits per heavy atom. The first-order valence-electron chi connectivity index (χ1n) is 5.63. The molecule has 0 aliphatic rings. The standard InChI is InChI=1S/C12H18N4/c1-3-16-10-11(7-14-16)9-15-6-4-5-12(15)8-13-2/h4-7,10,13H,3,8-9H2,1-2H3. The molecule has 86 valence electrons. The van der Waals surface area contributed by atoms with Gasteiger partial charge in [-0.05, 0) is 26.1 Å². The molecule has 0 aliphatic heterocycles. The number of aromatic nitrogens is 3. The van der Waals surface area contributed by atoms with Crippen molar-refractivity contribution < 1.29 is 0 Å². The van der Waals surface area contributed by atoms with Gasteiger partial charge in [-0.2, -0.15) is 5.10 Å². The highest BCUT2D eigenvalue weighted by molar-refractivity contribution is 5.12. The lowest BCUT2D eigenvalue weighted by molar-refractivity contribution is 0.656. The lowest BCUT2D eigenvalue weighted by Crippen LogP contribution is -2.11. The molecule has 0 unspecified atom stereocenters. The van der Waals surface area contributed by atoms with Gasteiger partial charge in [0.2, 0.25) is 0 Å². The minimum absolute atomic E-state index is 0.893. The number of rotatable bonds is 5. The van der Waals surface area contributed by atoms with E-state index in [9.17, 15) is 0 Å². The van der Waals surface area contributed by atoms with Crippen LogP contribution in [0.5, 0.6) is 0 Å². The smallest absolute Gasteiger partial charge is 0.0539 e. The van der Waals surface area contributed by atoms with E-state index in [4.69, 9.17) is 0 Å². The molecule has 2 rings (SSSR count). The predicted molar refractivity (Wildman–Crippen MR) is 64.2 cm³/mol. The van der Waals surface area contributed by atoms with E-state index in [1.54, 1.807) is 0 Å². The summed E-state index contributed by atoms with van der Waals surface area (Å²) in [6.45, 7) is 4.81. The number of nitrogens with zero attached hydrogens (tertiary/aromatic N) is 3. The molecule has 0 amide bonds. The number of nitrogens with one attached hydrogen (secondary N) is 1. The van der Waals surface area contributed by atoms with Crippen LogP contribution in [0.3, 0.4) is 0 Å². The Balaban J connectivity index is 2.10. The fourth-order valence-corrected chi connectivity index (χ4v) is 1.80. The van der Waals surface area contributed by atoms with E-state index in [0.717, 1.165) is 19.6 Å². The average Bonchev–Trinajstić information content (AvgIpc) is 2.90. The van der Waals surface area contributed by atoms with Crippen LogP contribution in [0, 0.1) is 0 Å². The molecule has 0 radical (unpaired) electrons. The number of aryl methyl sites for hydroxylation is 1. The summed E-state index contributed by atoms with van der Waals surface area (Å²) in [4.78, 5) is 0. The van der Waals surface area contributed by atoms with Crippen LogP contribution in [0.4, 0.5) is 0 Å². The highest BCUT2D eigenvalue weighted by atomic mass is 15.3. The van der Waals surface area contributed by atoms with Gasteiger partial charge in [0, 0.05) is 36.7 Å². The van der Waals surface area contributed by atoms with Crippen molar-refractivity contribution in [3.63, 3.8) is 0 Å². The van der Waals surface area contributed by atoms with Gasteiger partial charge in [-0.25, -0.2) is 0 Å². The lowest BCUT2D eigenvalue weighted by atomic mass is 10.3. The maximum atomic E-state index is 4.28. The van der Waals surface area contributed by atoms with Crippen LogP contribution < -0.4 is 5.32 Å². The van der Waals surface area contributed by atoms with Crippen LogP contribution in [0.1, 0.15) is 18.2 Å². The molecule has 4 nitrogen and oxygen atoms in total. The van der Waals surface area contributed by atoms with Gasteiger partial charge < -0.3 is 9.88 Å². The molecule has 4 heteroatoms. The molecule has 0 fully saturated rings. The van der Waals surface area contributed by atoms with Gasteiger partial charge in [0.05, 0.1) is 12.7 Å². The van der Waals surface area contributed by atoms with E-state index in [0.29, 0.717) is 0 Å². The monoisotopic (exact) mass is 218 g/mol. The van der Waals surface area contributed by atoms with Crippen molar-refractivity contribution in [3.8, 4) is 0 Å². The van der Waals surface area contributed by atoms with Crippen molar-refractivity contribution in [1.82, 2.24) is 19.7 Å². The summed E-state index contributed by atoms with van der Waals surface area (Å²) in [5.41, 5.74) is 2.54. The van der Waals surface area contributed by atoms with Crippen LogP contribution in [-0.4, -0.2) is 21.4 Å². The summed E-state index contributed by atoms with van der Waals surface area (Å²) in [5, 5.41) is 7.45. The normalized spacial score (nSPS) is 10.9. The summed E-state index contributed by atoms with van der Waals surface area (Å²) in [6, 6.07) is 4.22. The summed E-state index contributed by atoms with van der Waals surface area (Å²) in [6.07, 6.45) is 6.14. The SMILES string of the molecule is CCn1cc(Cn2cccc2CNC)cn1. The van der Waals surface area contributed by atoms with Gasteiger partial charge in [0.1, 0.15) is 0 Å². The van der Waals surface area contributed by atoms with Gasteiger partial charge in [-0.15, -0.1) is 0 Å². The van der Waals surface area contributed by atoms with Gasteiger partial charge in [0.15, 0.2) is 0 Å². The Morgan fingerprint density at radius 3 is 3.00 bits per heavy atom. The Morgan fingerprint density at radius 2 is 2.31 bits per heavy atom. The molecule has 0 atom stereocenters. The van der Waals surface area contributed by atoms with Crippen LogP contribution in [-0.2, 0) is 19.6 Å². The zero-order chi connectivity index (χ0) is 11.4. The highest BCUT2D eigenvalue weighted by Gasteiger charge is 2.02. The summed E-state index contributed by atoms with van der Waals surface area (Å²) in [5.74, 6) is 0. The fraction of sp³-hybridized carbons (Fsp3) is 0.417. The van der Waals surface area contributed by atoms with Crippen molar-refractivity contribution in [2.75, 3.05) is 7.05 Å². The van der Waals surface area contributed by atoms with Crippen molar-refractivity contribution in [2.24, 2.45) is 0 Å². The van der Waals surface area contributed by atoms with Gasteiger partial charge in [-0.3, -0.25) is 4.68 Å². The minimum atomic E-state index is 0.893. The van der Waals surface area contributed by atoms with Crippen molar-refractivity contribution in [1.29, 1.82) is 0 Å². The highest BCUT2D eigenvalue weighted by Crippen LogP contribution is 2.07. The molecule has 0 bridgehead atoms. The second-order valence-corrected chi connectivity index (χ2v) is 3.86. The molecule has 0 aliphatic carbocycles. The molecular formula is C12H18N4. The molecule has 0 spiro atoms. The number of hydrogen-bond donors (Lipinski definition) is 1. The molecule has 2 aromatic rings. The Bertz CT molecular complexity index is 441. The maximum absolute atomic E-state index is 4.28. The molecule has 1 N–H and O–H groups in total. The van der Waals surface area contributed by atoms with E-state index >= 15 is 0 Å². The van der Waals surface area contributed by atoms with Gasteiger partial charge in [0.25, 0.3) is 0 Å². The van der Waals surface area contributed by atoms with E-state index in [1.807, 2.05) is 17.9 Å². The van der Waals surface area contributed by atoms with Crippen molar-refractivity contribution >= 4 is 0 Å². The maximum Gasteiger partial charge on any atom is 0.0539 e. The zero-order valence-corrected chi connectivity index (χ0v) is 9.85. The predicted octanol–water partition coefficient (Wildman–Crippen LogP) is 1.47. The molecular weight excluding hydrogens is 200 g/mol. The largest absolute Gasteiger partial charge is 0.346 e. The van der Waals surface area contributed by atoms with E-state index in [1.165, 1.54) is 11.3 Å². The van der Waals surface area contributed by atoms with E-state index < -0.39 is 0 Å². The third kappa shape index (κ3) is 2.33. The molecule has 0 saturated carbocycles.